The van der Waals surface area contributed by atoms with Crippen LogP contribution in [0.4, 0.5) is 5.69 Å². The Labute approximate surface area is 135 Å². The molecule has 1 aromatic heterocycles. The van der Waals surface area contributed by atoms with Crippen LogP contribution in [-0.4, -0.2) is 17.6 Å². The van der Waals surface area contributed by atoms with Crippen molar-refractivity contribution in [3.63, 3.8) is 0 Å². The topological polar surface area (TPSA) is 43.3 Å². The second-order valence-corrected chi connectivity index (χ2v) is 5.56. The molecule has 3 aromatic rings. The van der Waals surface area contributed by atoms with Gasteiger partial charge in [0.2, 0.25) is 5.91 Å². The van der Waals surface area contributed by atoms with E-state index in [-0.39, 0.29) is 5.91 Å². The van der Waals surface area contributed by atoms with Crippen LogP contribution in [0.5, 0.6) is 5.75 Å². The van der Waals surface area contributed by atoms with Gasteiger partial charge in [-0.1, -0.05) is 18.2 Å². The van der Waals surface area contributed by atoms with Gasteiger partial charge in [-0.25, -0.2) is 0 Å². The number of nitrogens with one attached hydrogen (secondary N) is 1. The average molecular weight is 308 g/mol. The smallest absolute Gasteiger partial charge is 0.224 e. The second kappa shape index (κ2) is 6.57. The molecule has 0 bridgehead atoms. The molecule has 2 aromatic carbocycles. The summed E-state index contributed by atoms with van der Waals surface area (Å²) in [4.78, 5) is 12.2. The third-order valence-electron chi connectivity index (χ3n) is 4.00. The van der Waals surface area contributed by atoms with E-state index in [0.29, 0.717) is 12.8 Å². The Balaban J connectivity index is 1.64. The summed E-state index contributed by atoms with van der Waals surface area (Å²) in [6, 6.07) is 15.8. The fourth-order valence-corrected chi connectivity index (χ4v) is 2.67. The van der Waals surface area contributed by atoms with Crippen molar-refractivity contribution in [3.8, 4) is 5.75 Å². The van der Waals surface area contributed by atoms with Crippen LogP contribution in [0.2, 0.25) is 0 Å². The zero-order valence-electron chi connectivity index (χ0n) is 13.4. The first-order valence-electron chi connectivity index (χ1n) is 7.64. The number of amides is 1. The van der Waals surface area contributed by atoms with Gasteiger partial charge < -0.3 is 14.6 Å². The molecule has 3 rings (SSSR count). The summed E-state index contributed by atoms with van der Waals surface area (Å²) < 4.78 is 7.18. The maximum atomic E-state index is 12.2. The molecule has 1 heterocycles. The van der Waals surface area contributed by atoms with E-state index in [2.05, 4.69) is 5.32 Å². The summed E-state index contributed by atoms with van der Waals surface area (Å²) in [5.74, 6) is 0.853. The first-order valence-corrected chi connectivity index (χ1v) is 7.64. The minimum absolute atomic E-state index is 0.0252. The Bertz CT molecular complexity index is 819. The van der Waals surface area contributed by atoms with Gasteiger partial charge in [0.25, 0.3) is 0 Å². The lowest BCUT2D eigenvalue weighted by atomic mass is 10.1. The molecule has 0 atom stereocenters. The molecule has 1 N–H and O–H groups in total. The van der Waals surface area contributed by atoms with E-state index in [9.17, 15) is 4.79 Å². The van der Waals surface area contributed by atoms with Gasteiger partial charge in [0.05, 0.1) is 12.8 Å². The molecule has 0 spiro atoms. The van der Waals surface area contributed by atoms with Crippen molar-refractivity contribution >= 4 is 22.5 Å². The molecule has 0 saturated heterocycles. The van der Waals surface area contributed by atoms with Gasteiger partial charge in [-0.3, -0.25) is 4.79 Å². The van der Waals surface area contributed by atoms with Crippen LogP contribution < -0.4 is 10.1 Å². The number of aromatic nitrogens is 1. The number of benzene rings is 2. The fourth-order valence-electron chi connectivity index (χ4n) is 2.67. The maximum Gasteiger partial charge on any atom is 0.224 e. The van der Waals surface area contributed by atoms with E-state index in [0.717, 1.165) is 27.9 Å². The molecule has 1 amide bonds. The van der Waals surface area contributed by atoms with Crippen molar-refractivity contribution in [2.75, 3.05) is 12.4 Å². The van der Waals surface area contributed by atoms with E-state index in [4.69, 9.17) is 4.74 Å². The molecular formula is C19H20N2O2. The number of aryl methyl sites for hydroxylation is 2. The van der Waals surface area contributed by atoms with Crippen molar-refractivity contribution in [2.45, 2.75) is 12.8 Å². The normalized spacial score (nSPS) is 10.7. The summed E-state index contributed by atoms with van der Waals surface area (Å²) >= 11 is 0. The molecule has 0 radical (unpaired) electrons. The molecule has 4 nitrogen and oxygen atoms in total. The minimum Gasteiger partial charge on any atom is -0.497 e. The number of carbonyl (C=O) groups is 1. The highest BCUT2D eigenvalue weighted by Crippen LogP contribution is 2.24. The number of rotatable bonds is 5. The lowest BCUT2D eigenvalue weighted by Gasteiger charge is -2.08. The van der Waals surface area contributed by atoms with Gasteiger partial charge in [0, 0.05) is 30.6 Å². The van der Waals surface area contributed by atoms with Crippen molar-refractivity contribution in [3.05, 3.63) is 60.3 Å². The van der Waals surface area contributed by atoms with E-state index in [1.54, 1.807) is 7.11 Å². The molecular weight excluding hydrogens is 288 g/mol. The van der Waals surface area contributed by atoms with Crippen LogP contribution in [-0.2, 0) is 18.3 Å². The van der Waals surface area contributed by atoms with Crippen molar-refractivity contribution in [2.24, 2.45) is 7.05 Å². The Morgan fingerprint density at radius 2 is 1.91 bits per heavy atom. The van der Waals surface area contributed by atoms with Gasteiger partial charge in [0.15, 0.2) is 0 Å². The molecule has 23 heavy (non-hydrogen) atoms. The van der Waals surface area contributed by atoms with Crippen LogP contribution in [0.15, 0.2) is 54.7 Å². The number of carbonyl (C=O) groups excluding carboxylic acids is 1. The Hall–Kier alpha value is -2.75. The zero-order chi connectivity index (χ0) is 16.2. The molecule has 0 aliphatic heterocycles. The fraction of sp³-hybridized carbons (Fsp3) is 0.211. The van der Waals surface area contributed by atoms with Gasteiger partial charge in [-0.15, -0.1) is 0 Å². The first-order chi connectivity index (χ1) is 11.2. The van der Waals surface area contributed by atoms with E-state index < -0.39 is 0 Å². The summed E-state index contributed by atoms with van der Waals surface area (Å²) in [5.41, 5.74) is 3.10. The zero-order valence-corrected chi connectivity index (χ0v) is 13.4. The monoisotopic (exact) mass is 308 g/mol. The van der Waals surface area contributed by atoms with Crippen molar-refractivity contribution in [1.82, 2.24) is 4.57 Å². The molecule has 118 valence electrons. The lowest BCUT2D eigenvalue weighted by molar-refractivity contribution is -0.116. The number of ether oxygens (including phenoxy) is 1. The van der Waals surface area contributed by atoms with Gasteiger partial charge in [-0.2, -0.15) is 0 Å². The molecule has 0 saturated carbocycles. The Morgan fingerprint density at radius 3 is 2.65 bits per heavy atom. The van der Waals surface area contributed by atoms with E-state index in [1.165, 1.54) is 0 Å². The predicted octanol–water partition coefficient (Wildman–Crippen LogP) is 3.76. The van der Waals surface area contributed by atoms with Crippen LogP contribution in [0, 0.1) is 0 Å². The summed E-state index contributed by atoms with van der Waals surface area (Å²) in [5, 5.41) is 4.08. The van der Waals surface area contributed by atoms with Gasteiger partial charge in [0.1, 0.15) is 5.75 Å². The standard InChI is InChI=1S/C19H20N2O2/c1-21-13-12-16-17(4-3-5-18(16)21)20-19(22)11-8-14-6-9-15(23-2)10-7-14/h3-7,9-10,12-13H,8,11H2,1-2H3,(H,20,22). The number of methoxy groups -OCH3 is 1. The summed E-state index contributed by atoms with van der Waals surface area (Å²) in [6.07, 6.45) is 3.16. The third-order valence-corrected chi connectivity index (χ3v) is 4.00. The summed E-state index contributed by atoms with van der Waals surface area (Å²) in [7, 11) is 3.64. The van der Waals surface area contributed by atoms with Gasteiger partial charge in [-0.05, 0) is 42.3 Å². The molecule has 0 fully saturated rings. The van der Waals surface area contributed by atoms with Gasteiger partial charge >= 0.3 is 0 Å². The highest BCUT2D eigenvalue weighted by Gasteiger charge is 2.08. The van der Waals surface area contributed by atoms with E-state index >= 15 is 0 Å². The minimum atomic E-state index is 0.0252. The second-order valence-electron chi connectivity index (χ2n) is 5.56. The molecule has 0 unspecified atom stereocenters. The number of nitrogens with zero attached hydrogens (tertiary/aromatic N) is 1. The number of anilines is 1. The van der Waals surface area contributed by atoms with Crippen molar-refractivity contribution in [1.29, 1.82) is 0 Å². The SMILES string of the molecule is COc1ccc(CCC(=O)Nc2cccc3c2ccn3C)cc1. The average Bonchev–Trinajstić information content (AvgIpc) is 2.96. The Kier molecular flexibility index (Phi) is 4.33. The molecule has 4 heteroatoms. The highest BCUT2D eigenvalue weighted by atomic mass is 16.5. The largest absolute Gasteiger partial charge is 0.497 e. The third kappa shape index (κ3) is 3.37. The quantitative estimate of drug-likeness (QED) is 0.780. The van der Waals surface area contributed by atoms with Crippen LogP contribution in [0.1, 0.15) is 12.0 Å². The maximum absolute atomic E-state index is 12.2. The van der Waals surface area contributed by atoms with Crippen LogP contribution in [0.25, 0.3) is 10.9 Å². The number of hydrogen-bond donors (Lipinski definition) is 1. The number of hydrogen-bond acceptors (Lipinski definition) is 2. The van der Waals surface area contributed by atoms with Crippen LogP contribution >= 0.6 is 0 Å². The van der Waals surface area contributed by atoms with E-state index in [1.807, 2.05) is 66.3 Å². The first kappa shape index (κ1) is 15.2. The predicted molar refractivity (Wildman–Crippen MR) is 92.9 cm³/mol. The Morgan fingerprint density at radius 1 is 1.13 bits per heavy atom. The molecule has 0 aliphatic carbocycles. The number of fused-ring (bicyclic) bond motifs is 1. The highest BCUT2D eigenvalue weighted by molar-refractivity contribution is 6.01. The lowest BCUT2D eigenvalue weighted by Crippen LogP contribution is -2.12. The molecule has 0 aliphatic rings. The summed E-state index contributed by atoms with van der Waals surface area (Å²) in [6.45, 7) is 0. The van der Waals surface area contributed by atoms with Crippen molar-refractivity contribution < 1.29 is 9.53 Å². The van der Waals surface area contributed by atoms with Crippen LogP contribution in [0.3, 0.4) is 0 Å².